The maximum absolute atomic E-state index is 11.5. The summed E-state index contributed by atoms with van der Waals surface area (Å²) in [6.07, 6.45) is 17.0. The van der Waals surface area contributed by atoms with E-state index < -0.39 is 20.2 Å². The minimum Gasteiger partial charge on any atom is -0.367 e. The molecule has 2 aliphatic rings. The zero-order chi connectivity index (χ0) is 35.9. The lowest BCUT2D eigenvalue weighted by molar-refractivity contribution is -0.539. The van der Waals surface area contributed by atoms with Gasteiger partial charge in [-0.15, -0.1) is 0 Å². The van der Waals surface area contributed by atoms with E-state index in [9.17, 15) is 25.9 Å². The van der Waals surface area contributed by atoms with Gasteiger partial charge in [-0.3, -0.25) is 14.1 Å². The standard InChI is InChI=1S/C39H41N3O6S2/c1-4-40-34-17-11-31(12-18-34)39(32-13-19-35(20-14-32)41(5-2)27-29-7-23-37(24-8-29)49(43,44)45)33-15-21-36(22-16-33)42(6-3)28-30-9-25-38(26-10-30)50(46,47)48/h7-26,32H,4-6,27-28H2,1-3H3,(H-,43,44,45,46,47,48)/p+1. The topological polar surface area (TPSA) is 127 Å². The molecule has 2 aliphatic carbocycles. The molecular formula is C39H42N3O6S2+. The highest BCUT2D eigenvalue weighted by Crippen LogP contribution is 2.34. The van der Waals surface area contributed by atoms with Crippen molar-refractivity contribution in [2.75, 3.05) is 24.5 Å². The summed E-state index contributed by atoms with van der Waals surface area (Å²) in [5, 5.41) is 0. The zero-order valence-corrected chi connectivity index (χ0v) is 30.0. The van der Waals surface area contributed by atoms with Crippen molar-refractivity contribution in [2.45, 2.75) is 43.7 Å². The summed E-state index contributed by atoms with van der Waals surface area (Å²) in [5.41, 5.74) is 8.18. The molecule has 2 N–H and O–H groups in total. The van der Waals surface area contributed by atoms with Gasteiger partial charge in [0.25, 0.3) is 20.2 Å². The molecule has 0 spiro atoms. The number of allylic oxidation sites excluding steroid dienone is 10. The molecule has 9 nitrogen and oxygen atoms in total. The van der Waals surface area contributed by atoms with Crippen LogP contribution in [0.25, 0.3) is 5.57 Å². The van der Waals surface area contributed by atoms with E-state index in [-0.39, 0.29) is 15.7 Å². The highest BCUT2D eigenvalue weighted by atomic mass is 32.2. The first-order chi connectivity index (χ1) is 23.9. The van der Waals surface area contributed by atoms with Crippen LogP contribution in [0.15, 0.2) is 142 Å². The zero-order valence-electron chi connectivity index (χ0n) is 28.3. The van der Waals surface area contributed by atoms with E-state index in [1.807, 2.05) is 19.1 Å². The molecule has 0 amide bonds. The van der Waals surface area contributed by atoms with Gasteiger partial charge in [0, 0.05) is 49.0 Å². The molecule has 0 saturated heterocycles. The third-order valence-electron chi connectivity index (χ3n) is 8.66. The first kappa shape index (κ1) is 36.6. The van der Waals surface area contributed by atoms with Crippen LogP contribution in [0.3, 0.4) is 0 Å². The Morgan fingerprint density at radius 2 is 1.26 bits per heavy atom. The molecule has 0 fully saturated rings. The van der Waals surface area contributed by atoms with Crippen molar-refractivity contribution in [1.82, 2.24) is 0 Å². The van der Waals surface area contributed by atoms with Crippen molar-refractivity contribution in [3.8, 4) is 0 Å². The maximum Gasteiger partial charge on any atom is 0.294 e. The Hall–Kier alpha value is -4.68. The normalized spacial score (nSPS) is 15.8. The molecule has 50 heavy (non-hydrogen) atoms. The van der Waals surface area contributed by atoms with Crippen LogP contribution in [0.5, 0.6) is 0 Å². The Balaban J connectivity index is 1.42. The first-order valence-corrected chi connectivity index (χ1v) is 19.4. The van der Waals surface area contributed by atoms with Crippen molar-refractivity contribution < 1.29 is 30.5 Å². The molecule has 11 heteroatoms. The number of nitrogens with zero attached hydrogens (tertiary/aromatic N) is 3. The van der Waals surface area contributed by atoms with Gasteiger partial charge in [0.1, 0.15) is 6.54 Å². The van der Waals surface area contributed by atoms with Crippen LogP contribution in [0, 0.1) is 5.92 Å². The Kier molecular flexibility index (Phi) is 11.6. The molecule has 0 bridgehead atoms. The Morgan fingerprint density at radius 3 is 1.74 bits per heavy atom. The van der Waals surface area contributed by atoms with Crippen LogP contribution in [0.1, 0.15) is 37.5 Å². The van der Waals surface area contributed by atoms with E-state index in [4.69, 9.17) is 0 Å². The van der Waals surface area contributed by atoms with Crippen molar-refractivity contribution in [3.63, 3.8) is 0 Å². The summed E-state index contributed by atoms with van der Waals surface area (Å²) < 4.78 is 66.7. The fraction of sp³-hybridized carbons (Fsp3) is 0.231. The van der Waals surface area contributed by atoms with Crippen LogP contribution >= 0.6 is 0 Å². The molecule has 0 aliphatic heterocycles. The highest BCUT2D eigenvalue weighted by molar-refractivity contribution is 7.86. The van der Waals surface area contributed by atoms with Gasteiger partial charge in [-0.2, -0.15) is 16.8 Å². The SMILES string of the molecule is CCN=C1C=CC(=C(c2ccc(N(CC)Cc3ccc(S(=O)(=O)O)cc3)cc2)C2C=CC(=[N+](CC)Cc3ccc(S(=O)(=O)O)cc3)C=C2)C=C1. The second-order valence-corrected chi connectivity index (χ2v) is 14.8. The number of anilines is 1. The molecule has 0 atom stereocenters. The quantitative estimate of drug-likeness (QED) is 0.154. The summed E-state index contributed by atoms with van der Waals surface area (Å²) in [5.74, 6) is -0.00471. The number of rotatable bonds is 12. The van der Waals surface area contributed by atoms with E-state index in [1.54, 1.807) is 24.3 Å². The summed E-state index contributed by atoms with van der Waals surface area (Å²) in [7, 11) is -8.48. The van der Waals surface area contributed by atoms with E-state index in [2.05, 4.69) is 89.0 Å². The van der Waals surface area contributed by atoms with Crippen molar-refractivity contribution in [2.24, 2.45) is 10.9 Å². The third-order valence-corrected chi connectivity index (χ3v) is 10.4. The van der Waals surface area contributed by atoms with Crippen LogP contribution in [-0.2, 0) is 33.3 Å². The van der Waals surface area contributed by atoms with Gasteiger partial charge in [-0.25, -0.2) is 4.58 Å². The lowest BCUT2D eigenvalue weighted by Gasteiger charge is -2.25. The minimum atomic E-state index is -4.24. The lowest BCUT2D eigenvalue weighted by Crippen LogP contribution is -2.22. The predicted octanol–water partition coefficient (Wildman–Crippen LogP) is 6.96. The summed E-state index contributed by atoms with van der Waals surface area (Å²) in [6, 6.07) is 21.0. The van der Waals surface area contributed by atoms with Crippen LogP contribution in [0.2, 0.25) is 0 Å². The molecule has 3 aromatic rings. The van der Waals surface area contributed by atoms with E-state index in [1.165, 1.54) is 24.3 Å². The lowest BCUT2D eigenvalue weighted by atomic mass is 9.84. The summed E-state index contributed by atoms with van der Waals surface area (Å²) in [6.45, 7) is 9.51. The van der Waals surface area contributed by atoms with Gasteiger partial charge >= 0.3 is 0 Å². The molecular weight excluding hydrogens is 671 g/mol. The summed E-state index contributed by atoms with van der Waals surface area (Å²) in [4.78, 5) is 6.49. The van der Waals surface area contributed by atoms with Crippen molar-refractivity contribution in [3.05, 3.63) is 144 Å². The molecule has 3 aromatic carbocycles. The minimum absolute atomic E-state index is 0.00471. The molecule has 0 heterocycles. The second kappa shape index (κ2) is 15.9. The van der Waals surface area contributed by atoms with Crippen LogP contribution < -0.4 is 4.90 Å². The smallest absolute Gasteiger partial charge is 0.294 e. The third kappa shape index (κ3) is 9.10. The van der Waals surface area contributed by atoms with Gasteiger partial charge in [-0.05, 0) is 91.6 Å². The monoisotopic (exact) mass is 712 g/mol. The fourth-order valence-corrected chi connectivity index (χ4v) is 6.97. The van der Waals surface area contributed by atoms with Crippen LogP contribution in [-0.4, -0.2) is 61.6 Å². The average molecular weight is 713 g/mol. The Labute approximate surface area is 295 Å². The molecule has 0 unspecified atom stereocenters. The van der Waals surface area contributed by atoms with E-state index in [0.717, 1.165) is 58.0 Å². The second-order valence-electron chi connectivity index (χ2n) is 11.9. The largest absolute Gasteiger partial charge is 0.367 e. The molecule has 5 rings (SSSR count). The van der Waals surface area contributed by atoms with Gasteiger partial charge < -0.3 is 4.90 Å². The number of hydrogen-bond donors (Lipinski definition) is 2. The fourth-order valence-electron chi connectivity index (χ4n) is 6.01. The Morgan fingerprint density at radius 1 is 0.720 bits per heavy atom. The molecule has 0 radical (unpaired) electrons. The van der Waals surface area contributed by atoms with E-state index >= 15 is 0 Å². The molecule has 0 aromatic heterocycles. The van der Waals surface area contributed by atoms with Crippen molar-refractivity contribution in [1.29, 1.82) is 0 Å². The average Bonchev–Trinajstić information content (AvgIpc) is 3.11. The van der Waals surface area contributed by atoms with Gasteiger partial charge in [0.2, 0.25) is 0 Å². The number of aliphatic imine (C=N–C) groups is 1. The predicted molar refractivity (Wildman–Crippen MR) is 200 cm³/mol. The molecule has 260 valence electrons. The maximum atomic E-state index is 11.5. The number of benzene rings is 3. The summed E-state index contributed by atoms with van der Waals surface area (Å²) >= 11 is 0. The van der Waals surface area contributed by atoms with Gasteiger partial charge in [-0.1, -0.05) is 60.7 Å². The van der Waals surface area contributed by atoms with Gasteiger partial charge in [0.05, 0.1) is 15.5 Å². The van der Waals surface area contributed by atoms with Crippen molar-refractivity contribution >= 4 is 42.9 Å². The van der Waals surface area contributed by atoms with Gasteiger partial charge in [0.15, 0.2) is 12.3 Å². The highest BCUT2D eigenvalue weighted by Gasteiger charge is 2.21. The molecule has 0 saturated carbocycles. The van der Waals surface area contributed by atoms with Crippen LogP contribution in [0.4, 0.5) is 5.69 Å². The first-order valence-electron chi connectivity index (χ1n) is 16.5. The Bertz CT molecular complexity index is 2110. The van der Waals surface area contributed by atoms with E-state index in [0.29, 0.717) is 19.6 Å². The number of hydrogen-bond acceptors (Lipinski definition) is 6.